The van der Waals surface area contributed by atoms with E-state index in [0.29, 0.717) is 28.0 Å². The van der Waals surface area contributed by atoms with E-state index in [-0.39, 0.29) is 35.1 Å². The maximum Gasteiger partial charge on any atom is 0.413 e. The summed E-state index contributed by atoms with van der Waals surface area (Å²) in [6, 6.07) is 13.5. The molecule has 168 valence electrons. The van der Waals surface area contributed by atoms with Gasteiger partial charge in [0.25, 0.3) is 5.70 Å². The lowest BCUT2D eigenvalue weighted by molar-refractivity contribution is -0.416. The van der Waals surface area contributed by atoms with Gasteiger partial charge in [-0.2, -0.15) is 0 Å². The third-order valence-electron chi connectivity index (χ3n) is 4.84. The number of thiocarbonyl (C=S) groups is 1. The molecular weight excluding hydrogens is 444 g/mol. The van der Waals surface area contributed by atoms with Gasteiger partial charge in [0.05, 0.1) is 12.0 Å². The van der Waals surface area contributed by atoms with Crippen LogP contribution in [-0.2, 0) is 11.2 Å². The van der Waals surface area contributed by atoms with E-state index in [1.54, 1.807) is 60.7 Å². The minimum Gasteiger partial charge on any atom is -0.453 e. The first-order chi connectivity index (χ1) is 15.8. The maximum atomic E-state index is 13.2. The number of nitrogens with zero attached hydrogens (tertiary/aromatic N) is 1. The van der Waals surface area contributed by atoms with E-state index in [1.807, 2.05) is 0 Å². The summed E-state index contributed by atoms with van der Waals surface area (Å²) in [5, 5.41) is 24.7. The number of ether oxygens (including phenoxy) is 1. The van der Waals surface area contributed by atoms with Gasteiger partial charge in [-0.05, 0) is 36.0 Å². The molecule has 0 heterocycles. The number of allylic oxidation sites excluding steroid dienone is 4. The van der Waals surface area contributed by atoms with Gasteiger partial charge < -0.3 is 10.1 Å². The lowest BCUT2D eigenvalue weighted by Crippen LogP contribution is -2.33. The molecule has 0 bridgehead atoms. The number of amides is 1. The number of carbonyl (C=O) groups excluding carboxylic acids is 2. The zero-order valence-electron chi connectivity index (χ0n) is 17.6. The normalized spacial score (nSPS) is 12.8. The Morgan fingerprint density at radius 2 is 1.94 bits per heavy atom. The van der Waals surface area contributed by atoms with Gasteiger partial charge in [-0.3, -0.25) is 25.6 Å². The molecule has 3 N–H and O–H groups in total. The molecule has 0 unspecified atom stereocenters. The molecule has 0 spiro atoms. The van der Waals surface area contributed by atoms with Crippen molar-refractivity contribution in [3.05, 3.63) is 98.8 Å². The molecule has 2 aromatic rings. The molecule has 0 radical (unpaired) electrons. The van der Waals surface area contributed by atoms with Crippen LogP contribution in [0.5, 0.6) is 0 Å². The average molecular weight is 465 g/mol. The van der Waals surface area contributed by atoms with Gasteiger partial charge in [0.1, 0.15) is 5.71 Å². The number of benzene rings is 2. The Morgan fingerprint density at radius 1 is 1.21 bits per heavy atom. The van der Waals surface area contributed by atoms with Crippen LogP contribution in [-0.4, -0.2) is 34.7 Å². The Hall–Kier alpha value is -4.18. The van der Waals surface area contributed by atoms with Gasteiger partial charge in [0.2, 0.25) is 0 Å². The Labute approximate surface area is 194 Å². The summed E-state index contributed by atoms with van der Waals surface area (Å²) in [4.78, 5) is 35.5. The van der Waals surface area contributed by atoms with Crippen molar-refractivity contribution in [2.24, 2.45) is 0 Å². The average Bonchev–Trinajstić information content (AvgIpc) is 2.79. The zero-order chi connectivity index (χ0) is 24.0. The Morgan fingerprint density at radius 3 is 2.61 bits per heavy atom. The van der Waals surface area contributed by atoms with Gasteiger partial charge in [0.15, 0.2) is 10.9 Å². The Balaban J connectivity index is 2.02. The van der Waals surface area contributed by atoms with E-state index >= 15 is 0 Å². The fourth-order valence-electron chi connectivity index (χ4n) is 3.35. The second-order valence-electron chi connectivity index (χ2n) is 7.03. The summed E-state index contributed by atoms with van der Waals surface area (Å²) < 4.78 is 4.51. The third kappa shape index (κ3) is 5.74. The number of carbonyl (C=O) groups is 2. The molecule has 0 aliphatic heterocycles. The summed E-state index contributed by atoms with van der Waals surface area (Å²) in [5.74, 6) is -0.245. The highest BCUT2D eigenvalue weighted by Gasteiger charge is 2.26. The van der Waals surface area contributed by atoms with Crippen LogP contribution >= 0.6 is 12.2 Å². The van der Waals surface area contributed by atoms with Crippen molar-refractivity contribution >= 4 is 40.6 Å². The van der Waals surface area contributed by atoms with Gasteiger partial charge in [-0.15, -0.1) is 0 Å². The summed E-state index contributed by atoms with van der Waals surface area (Å²) in [6.07, 6.45) is 2.77. The largest absolute Gasteiger partial charge is 0.453 e. The molecule has 3 rings (SSSR count). The van der Waals surface area contributed by atoms with Gasteiger partial charge in [-0.25, -0.2) is 4.79 Å². The lowest BCUT2D eigenvalue weighted by atomic mass is 9.90. The molecule has 2 aromatic carbocycles. The Bertz CT molecular complexity index is 1200. The number of rotatable bonds is 6. The quantitative estimate of drug-likeness (QED) is 0.254. The standard InChI is InChI=1S/C23H20N4O5S/c1-32-23(29)26-22(33)25-17-10-11-18(21(28)14-6-3-2-4-7-14)16(13-17)12-15-8-5-9-19(24)20(15)27(30)31/h2-8,10-11,13,24H,9,12H2,1H3,(H2,25,26,29,33). The van der Waals surface area contributed by atoms with Gasteiger partial charge in [-0.1, -0.05) is 42.5 Å². The molecule has 1 amide bonds. The molecule has 0 aromatic heterocycles. The van der Waals surface area contributed by atoms with Crippen LogP contribution < -0.4 is 10.6 Å². The van der Waals surface area contributed by atoms with Crippen molar-refractivity contribution < 1.29 is 19.2 Å². The number of methoxy groups -OCH3 is 1. The first-order valence-electron chi connectivity index (χ1n) is 9.80. The van der Waals surface area contributed by atoms with E-state index in [2.05, 4.69) is 15.4 Å². The zero-order valence-corrected chi connectivity index (χ0v) is 18.4. The summed E-state index contributed by atoms with van der Waals surface area (Å²) in [5.41, 5.74) is 1.77. The maximum absolute atomic E-state index is 13.2. The second-order valence-corrected chi connectivity index (χ2v) is 7.44. The highest BCUT2D eigenvalue weighted by molar-refractivity contribution is 7.80. The summed E-state index contributed by atoms with van der Waals surface area (Å²) in [7, 11) is 1.20. The van der Waals surface area contributed by atoms with Crippen LogP contribution in [0.1, 0.15) is 27.9 Å². The molecule has 0 atom stereocenters. The van der Waals surface area contributed by atoms with Crippen molar-refractivity contribution in [2.45, 2.75) is 12.8 Å². The summed E-state index contributed by atoms with van der Waals surface area (Å²) >= 11 is 5.08. The van der Waals surface area contributed by atoms with E-state index in [0.717, 1.165) is 0 Å². The predicted octanol–water partition coefficient (Wildman–Crippen LogP) is 4.02. The first kappa shape index (κ1) is 23.5. The van der Waals surface area contributed by atoms with Crippen LogP contribution in [0, 0.1) is 15.5 Å². The molecule has 0 saturated heterocycles. The van der Waals surface area contributed by atoms with Crippen LogP contribution in [0.15, 0.2) is 72.0 Å². The van der Waals surface area contributed by atoms with E-state index in [4.69, 9.17) is 17.6 Å². The smallest absolute Gasteiger partial charge is 0.413 e. The number of nitrogens with one attached hydrogen (secondary N) is 3. The van der Waals surface area contributed by atoms with E-state index in [1.165, 1.54) is 7.11 Å². The molecule has 0 fully saturated rings. The van der Waals surface area contributed by atoms with E-state index in [9.17, 15) is 19.7 Å². The molecule has 9 nitrogen and oxygen atoms in total. The van der Waals surface area contributed by atoms with Crippen molar-refractivity contribution in [1.29, 1.82) is 5.41 Å². The number of anilines is 1. The van der Waals surface area contributed by atoms with E-state index < -0.39 is 11.0 Å². The number of hydrogen-bond donors (Lipinski definition) is 3. The highest BCUT2D eigenvalue weighted by Crippen LogP contribution is 2.26. The van der Waals surface area contributed by atoms with Crippen molar-refractivity contribution in [2.75, 3.05) is 12.4 Å². The minimum absolute atomic E-state index is 0.0144. The first-order valence-corrected chi connectivity index (χ1v) is 10.2. The number of hydrogen-bond acceptors (Lipinski definition) is 7. The second kappa shape index (κ2) is 10.4. The molecule has 0 saturated carbocycles. The number of ketones is 1. The van der Waals surface area contributed by atoms with Gasteiger partial charge in [0, 0.05) is 35.2 Å². The highest BCUT2D eigenvalue weighted by atomic mass is 32.1. The summed E-state index contributed by atoms with van der Waals surface area (Å²) in [6.45, 7) is 0. The molecule has 33 heavy (non-hydrogen) atoms. The molecule has 10 heteroatoms. The van der Waals surface area contributed by atoms with Crippen molar-refractivity contribution in [3.63, 3.8) is 0 Å². The van der Waals surface area contributed by atoms with Crippen LogP contribution in [0.4, 0.5) is 10.5 Å². The Kier molecular flexibility index (Phi) is 7.42. The van der Waals surface area contributed by atoms with Crippen LogP contribution in [0.2, 0.25) is 0 Å². The fraction of sp³-hybridized carbons (Fsp3) is 0.130. The van der Waals surface area contributed by atoms with Crippen molar-refractivity contribution in [1.82, 2.24) is 5.32 Å². The number of nitro groups is 1. The minimum atomic E-state index is -0.741. The third-order valence-corrected chi connectivity index (χ3v) is 5.04. The van der Waals surface area contributed by atoms with Crippen LogP contribution in [0.25, 0.3) is 0 Å². The predicted molar refractivity (Wildman–Crippen MR) is 127 cm³/mol. The number of alkyl carbamates (subject to hydrolysis) is 1. The molecule has 1 aliphatic carbocycles. The molecule has 1 aliphatic rings. The van der Waals surface area contributed by atoms with Gasteiger partial charge >= 0.3 is 6.09 Å². The topological polar surface area (TPSA) is 134 Å². The monoisotopic (exact) mass is 464 g/mol. The van der Waals surface area contributed by atoms with Crippen LogP contribution in [0.3, 0.4) is 0 Å². The lowest BCUT2D eigenvalue weighted by Gasteiger charge is -2.15. The van der Waals surface area contributed by atoms with Crippen molar-refractivity contribution in [3.8, 4) is 0 Å². The molecular formula is C23H20N4O5S. The SMILES string of the molecule is COC(=O)NC(=S)Nc1ccc(C(=O)c2ccccc2)c(CC2=C([N+](=O)[O-])C(=N)CC=C2)c1. The fourth-order valence-corrected chi connectivity index (χ4v) is 3.56.